The summed E-state index contributed by atoms with van der Waals surface area (Å²) in [7, 11) is 0. The smallest absolute Gasteiger partial charge is 0.357 e. The molecule has 5 nitrogen and oxygen atoms in total. The monoisotopic (exact) mass is 372 g/mol. The standard InChI is InChI=1S/C18H27F3N4O/c1-4-22-17(23-12-11-18(19,20)21)24-13-14-7-9-15(10-8-14)16(26)25(5-2)6-3/h7-10H,4-6,11-13H2,1-3H3,(H2,22,23,24). The van der Waals surface area contributed by atoms with E-state index in [4.69, 9.17) is 0 Å². The van der Waals surface area contributed by atoms with Crippen molar-refractivity contribution in [3.63, 3.8) is 0 Å². The number of halogens is 3. The van der Waals surface area contributed by atoms with Crippen LogP contribution in [-0.2, 0) is 6.54 Å². The molecule has 0 bridgehead atoms. The number of aliphatic imine (C=N–C) groups is 1. The summed E-state index contributed by atoms with van der Waals surface area (Å²) in [4.78, 5) is 18.3. The number of rotatable bonds is 8. The van der Waals surface area contributed by atoms with E-state index in [1.165, 1.54) is 0 Å². The number of carbonyl (C=O) groups is 1. The molecule has 26 heavy (non-hydrogen) atoms. The Bertz CT molecular complexity index is 581. The van der Waals surface area contributed by atoms with Crippen molar-refractivity contribution >= 4 is 11.9 Å². The molecule has 0 unspecified atom stereocenters. The van der Waals surface area contributed by atoms with Crippen LogP contribution in [0.2, 0.25) is 0 Å². The van der Waals surface area contributed by atoms with E-state index >= 15 is 0 Å². The predicted molar refractivity (Wildman–Crippen MR) is 97.2 cm³/mol. The first-order valence-electron chi connectivity index (χ1n) is 8.77. The fourth-order valence-corrected chi connectivity index (χ4v) is 2.28. The number of guanidine groups is 1. The minimum Gasteiger partial charge on any atom is -0.357 e. The van der Waals surface area contributed by atoms with E-state index in [2.05, 4.69) is 15.6 Å². The van der Waals surface area contributed by atoms with Crippen molar-refractivity contribution in [2.24, 2.45) is 4.99 Å². The van der Waals surface area contributed by atoms with Gasteiger partial charge in [0, 0.05) is 31.7 Å². The minimum atomic E-state index is -4.20. The van der Waals surface area contributed by atoms with Gasteiger partial charge in [0.2, 0.25) is 0 Å². The van der Waals surface area contributed by atoms with Gasteiger partial charge in [0.25, 0.3) is 5.91 Å². The van der Waals surface area contributed by atoms with Gasteiger partial charge in [-0.2, -0.15) is 13.2 Å². The molecule has 0 aliphatic carbocycles. The van der Waals surface area contributed by atoms with Crippen molar-refractivity contribution in [1.29, 1.82) is 0 Å². The Labute approximate surface area is 152 Å². The van der Waals surface area contributed by atoms with Crippen molar-refractivity contribution in [2.45, 2.75) is 39.9 Å². The van der Waals surface area contributed by atoms with Crippen LogP contribution in [0.5, 0.6) is 0 Å². The number of hydrogen-bond acceptors (Lipinski definition) is 2. The maximum atomic E-state index is 12.3. The lowest BCUT2D eigenvalue weighted by Gasteiger charge is -2.18. The normalized spacial score (nSPS) is 12.0. The largest absolute Gasteiger partial charge is 0.390 e. The van der Waals surface area contributed by atoms with Crippen molar-refractivity contribution in [1.82, 2.24) is 15.5 Å². The molecular weight excluding hydrogens is 345 g/mol. The van der Waals surface area contributed by atoms with Crippen molar-refractivity contribution < 1.29 is 18.0 Å². The zero-order valence-corrected chi connectivity index (χ0v) is 15.5. The molecule has 0 atom stereocenters. The highest BCUT2D eigenvalue weighted by atomic mass is 19.4. The number of amides is 1. The van der Waals surface area contributed by atoms with Gasteiger partial charge < -0.3 is 15.5 Å². The highest BCUT2D eigenvalue weighted by Gasteiger charge is 2.26. The lowest BCUT2D eigenvalue weighted by molar-refractivity contribution is -0.132. The molecule has 8 heteroatoms. The first kappa shape index (κ1) is 21.8. The van der Waals surface area contributed by atoms with E-state index < -0.39 is 12.6 Å². The number of alkyl halides is 3. The molecule has 0 saturated heterocycles. The maximum absolute atomic E-state index is 12.3. The third kappa shape index (κ3) is 7.76. The van der Waals surface area contributed by atoms with E-state index in [1.807, 2.05) is 20.8 Å². The number of nitrogens with zero attached hydrogens (tertiary/aromatic N) is 2. The van der Waals surface area contributed by atoms with Crippen LogP contribution in [0.15, 0.2) is 29.3 Å². The fourth-order valence-electron chi connectivity index (χ4n) is 2.28. The van der Waals surface area contributed by atoms with Gasteiger partial charge in [-0.25, -0.2) is 4.99 Å². The Hall–Kier alpha value is -2.25. The summed E-state index contributed by atoms with van der Waals surface area (Å²) in [6, 6.07) is 7.10. The van der Waals surface area contributed by atoms with Gasteiger partial charge in [-0.3, -0.25) is 4.79 Å². The molecule has 146 valence electrons. The van der Waals surface area contributed by atoms with Crippen LogP contribution >= 0.6 is 0 Å². The Morgan fingerprint density at radius 3 is 2.19 bits per heavy atom. The van der Waals surface area contributed by atoms with Gasteiger partial charge in [-0.1, -0.05) is 12.1 Å². The van der Waals surface area contributed by atoms with Crippen LogP contribution < -0.4 is 10.6 Å². The summed E-state index contributed by atoms with van der Waals surface area (Å²) in [5.41, 5.74) is 1.48. The topological polar surface area (TPSA) is 56.7 Å². The lowest BCUT2D eigenvalue weighted by Crippen LogP contribution is -2.38. The Morgan fingerprint density at radius 1 is 1.08 bits per heavy atom. The first-order chi connectivity index (χ1) is 12.3. The summed E-state index contributed by atoms with van der Waals surface area (Å²) >= 11 is 0. The zero-order chi connectivity index (χ0) is 19.6. The zero-order valence-electron chi connectivity index (χ0n) is 15.5. The van der Waals surface area contributed by atoms with Gasteiger partial charge in [0.05, 0.1) is 13.0 Å². The van der Waals surface area contributed by atoms with Crippen LogP contribution in [0.1, 0.15) is 43.1 Å². The summed E-state index contributed by atoms with van der Waals surface area (Å²) in [5, 5.41) is 5.57. The molecule has 1 rings (SSSR count). The van der Waals surface area contributed by atoms with Gasteiger partial charge in [0.1, 0.15) is 0 Å². The highest BCUT2D eigenvalue weighted by molar-refractivity contribution is 5.94. The number of carbonyl (C=O) groups excluding carboxylic acids is 1. The molecule has 0 spiro atoms. The summed E-state index contributed by atoms with van der Waals surface area (Å²) < 4.78 is 36.7. The molecule has 1 aromatic rings. The molecule has 1 aromatic carbocycles. The maximum Gasteiger partial charge on any atom is 0.390 e. The lowest BCUT2D eigenvalue weighted by atomic mass is 10.1. The molecule has 2 N–H and O–H groups in total. The second-order valence-corrected chi connectivity index (χ2v) is 5.66. The van der Waals surface area contributed by atoms with E-state index in [-0.39, 0.29) is 12.5 Å². The van der Waals surface area contributed by atoms with Crippen molar-refractivity contribution in [3.8, 4) is 0 Å². The summed E-state index contributed by atoms with van der Waals surface area (Å²) in [5.74, 6) is 0.312. The van der Waals surface area contributed by atoms with E-state index in [9.17, 15) is 18.0 Å². The van der Waals surface area contributed by atoms with Crippen LogP contribution in [0.3, 0.4) is 0 Å². The Balaban J connectivity index is 2.67. The van der Waals surface area contributed by atoms with E-state index in [1.54, 1.807) is 29.2 Å². The average Bonchev–Trinajstić information content (AvgIpc) is 2.60. The first-order valence-corrected chi connectivity index (χ1v) is 8.77. The van der Waals surface area contributed by atoms with Gasteiger partial charge in [-0.15, -0.1) is 0 Å². The molecule has 0 aromatic heterocycles. The van der Waals surface area contributed by atoms with Crippen LogP contribution in [0.25, 0.3) is 0 Å². The average molecular weight is 372 g/mol. The van der Waals surface area contributed by atoms with Crippen molar-refractivity contribution in [3.05, 3.63) is 35.4 Å². The third-order valence-corrected chi connectivity index (χ3v) is 3.72. The number of benzene rings is 1. The molecule has 0 aliphatic rings. The molecule has 0 aliphatic heterocycles. The Kier molecular flexibility index (Phi) is 8.95. The quantitative estimate of drug-likeness (QED) is 0.544. The van der Waals surface area contributed by atoms with Crippen LogP contribution in [0.4, 0.5) is 13.2 Å². The second kappa shape index (κ2) is 10.7. The van der Waals surface area contributed by atoms with E-state index in [0.29, 0.717) is 37.7 Å². The highest BCUT2D eigenvalue weighted by Crippen LogP contribution is 2.18. The van der Waals surface area contributed by atoms with Crippen LogP contribution in [0, 0.1) is 0 Å². The molecular formula is C18H27F3N4O. The second-order valence-electron chi connectivity index (χ2n) is 5.66. The predicted octanol–water partition coefficient (Wildman–Crippen LogP) is 3.18. The molecule has 1 amide bonds. The summed E-state index contributed by atoms with van der Waals surface area (Å²) in [6.45, 7) is 7.63. The van der Waals surface area contributed by atoms with Gasteiger partial charge in [-0.05, 0) is 38.5 Å². The molecule has 0 radical (unpaired) electrons. The van der Waals surface area contributed by atoms with E-state index in [0.717, 1.165) is 5.56 Å². The third-order valence-electron chi connectivity index (χ3n) is 3.72. The van der Waals surface area contributed by atoms with Crippen LogP contribution in [-0.4, -0.2) is 49.1 Å². The minimum absolute atomic E-state index is 0.0211. The van der Waals surface area contributed by atoms with Crippen molar-refractivity contribution in [2.75, 3.05) is 26.2 Å². The molecule has 0 fully saturated rings. The molecule has 0 heterocycles. The fraction of sp³-hybridized carbons (Fsp3) is 0.556. The SMILES string of the molecule is CCNC(=NCc1ccc(C(=O)N(CC)CC)cc1)NCCC(F)(F)F. The van der Waals surface area contributed by atoms with Gasteiger partial charge in [0.15, 0.2) is 5.96 Å². The van der Waals surface area contributed by atoms with Gasteiger partial charge >= 0.3 is 6.18 Å². The Morgan fingerprint density at radius 2 is 1.69 bits per heavy atom. The number of hydrogen-bond donors (Lipinski definition) is 2. The summed E-state index contributed by atoms with van der Waals surface area (Å²) in [6.07, 6.45) is -5.11. The molecule has 0 saturated carbocycles. The number of nitrogens with one attached hydrogen (secondary N) is 2.